The minimum absolute atomic E-state index is 0.115. The molecular weight excluding hydrogens is 284 g/mol. The van der Waals surface area contributed by atoms with E-state index >= 15 is 0 Å². The van der Waals surface area contributed by atoms with Gasteiger partial charge in [0, 0.05) is 20.1 Å². The Balaban J connectivity index is 1.77. The van der Waals surface area contributed by atoms with E-state index in [0.717, 1.165) is 19.5 Å². The molecule has 1 N–H and O–H groups in total. The van der Waals surface area contributed by atoms with Crippen LogP contribution < -0.4 is 5.32 Å². The van der Waals surface area contributed by atoms with Gasteiger partial charge < -0.3 is 19.5 Å². The van der Waals surface area contributed by atoms with E-state index in [1.54, 1.807) is 11.9 Å². The molecule has 7 heteroatoms. The van der Waals surface area contributed by atoms with Crippen molar-refractivity contribution in [1.29, 1.82) is 0 Å². The molecule has 2 atom stereocenters. The first-order valence-corrected chi connectivity index (χ1v) is 7.99. The summed E-state index contributed by atoms with van der Waals surface area (Å²) in [6, 6.07) is 0. The standard InChI is InChI=1S/C15H26N4O3/c1-4-21-11(2)15-17-13(22-18-15)10-19(3)14(20)6-5-12-7-8-16-9-12/h11-12,16H,4-10H2,1-3H3. The van der Waals surface area contributed by atoms with Crippen LogP contribution in [0, 0.1) is 5.92 Å². The Morgan fingerprint density at radius 3 is 3.09 bits per heavy atom. The molecule has 124 valence electrons. The first-order chi connectivity index (χ1) is 10.6. The molecule has 0 radical (unpaired) electrons. The Morgan fingerprint density at radius 2 is 2.41 bits per heavy atom. The van der Waals surface area contributed by atoms with Gasteiger partial charge in [-0.25, -0.2) is 0 Å². The Hall–Kier alpha value is -1.47. The lowest BCUT2D eigenvalue weighted by molar-refractivity contribution is -0.131. The average molecular weight is 310 g/mol. The fraction of sp³-hybridized carbons (Fsp3) is 0.800. The van der Waals surface area contributed by atoms with Gasteiger partial charge in [-0.15, -0.1) is 0 Å². The fourth-order valence-electron chi connectivity index (χ4n) is 2.59. The predicted octanol–water partition coefficient (Wildman–Crippen LogP) is 1.52. The minimum Gasteiger partial charge on any atom is -0.371 e. The zero-order valence-electron chi connectivity index (χ0n) is 13.7. The summed E-state index contributed by atoms with van der Waals surface area (Å²) in [6.07, 6.45) is 2.48. The molecule has 1 aromatic rings. The molecule has 0 aromatic carbocycles. The molecule has 0 bridgehead atoms. The summed E-state index contributed by atoms with van der Waals surface area (Å²) in [7, 11) is 1.77. The molecule has 1 aromatic heterocycles. The predicted molar refractivity (Wildman–Crippen MR) is 81.0 cm³/mol. The molecule has 0 spiro atoms. The number of amides is 1. The highest BCUT2D eigenvalue weighted by Gasteiger charge is 2.19. The molecule has 7 nitrogen and oxygen atoms in total. The van der Waals surface area contributed by atoms with E-state index in [0.29, 0.717) is 37.2 Å². The van der Waals surface area contributed by atoms with Gasteiger partial charge in [-0.1, -0.05) is 5.16 Å². The van der Waals surface area contributed by atoms with Crippen molar-refractivity contribution in [2.75, 3.05) is 26.7 Å². The average Bonchev–Trinajstić information content (AvgIpc) is 3.16. The van der Waals surface area contributed by atoms with Crippen LogP contribution >= 0.6 is 0 Å². The van der Waals surface area contributed by atoms with Gasteiger partial charge in [0.25, 0.3) is 0 Å². The zero-order valence-corrected chi connectivity index (χ0v) is 13.7. The number of nitrogens with one attached hydrogen (secondary N) is 1. The van der Waals surface area contributed by atoms with Crippen molar-refractivity contribution in [3.8, 4) is 0 Å². The number of rotatable bonds is 8. The van der Waals surface area contributed by atoms with Crippen LogP contribution in [0.15, 0.2) is 4.52 Å². The highest BCUT2D eigenvalue weighted by Crippen LogP contribution is 2.16. The first-order valence-electron chi connectivity index (χ1n) is 7.99. The van der Waals surface area contributed by atoms with Crippen molar-refractivity contribution in [3.05, 3.63) is 11.7 Å². The summed E-state index contributed by atoms with van der Waals surface area (Å²) in [5.41, 5.74) is 0. The molecule has 0 aliphatic carbocycles. The Bertz CT molecular complexity index is 471. The van der Waals surface area contributed by atoms with Crippen LogP contribution in [0.25, 0.3) is 0 Å². The second-order valence-electron chi connectivity index (χ2n) is 5.79. The Labute approximate surface area is 131 Å². The van der Waals surface area contributed by atoms with Crippen molar-refractivity contribution in [1.82, 2.24) is 20.4 Å². The van der Waals surface area contributed by atoms with Gasteiger partial charge in [0.2, 0.25) is 11.8 Å². The molecule has 2 heterocycles. The Morgan fingerprint density at radius 1 is 1.59 bits per heavy atom. The topological polar surface area (TPSA) is 80.5 Å². The van der Waals surface area contributed by atoms with E-state index in [1.807, 2.05) is 13.8 Å². The van der Waals surface area contributed by atoms with E-state index in [-0.39, 0.29) is 12.0 Å². The van der Waals surface area contributed by atoms with Crippen LogP contribution in [-0.2, 0) is 16.1 Å². The Kier molecular flexibility index (Phi) is 6.33. The van der Waals surface area contributed by atoms with Crippen molar-refractivity contribution in [3.63, 3.8) is 0 Å². The van der Waals surface area contributed by atoms with Gasteiger partial charge >= 0.3 is 0 Å². The van der Waals surface area contributed by atoms with Gasteiger partial charge in [-0.2, -0.15) is 4.98 Å². The van der Waals surface area contributed by atoms with E-state index in [2.05, 4.69) is 15.5 Å². The number of ether oxygens (including phenoxy) is 1. The summed E-state index contributed by atoms with van der Waals surface area (Å²) < 4.78 is 10.6. The lowest BCUT2D eigenvalue weighted by Gasteiger charge is -2.16. The molecular formula is C15H26N4O3. The van der Waals surface area contributed by atoms with Crippen LogP contribution in [0.2, 0.25) is 0 Å². The van der Waals surface area contributed by atoms with Crippen molar-refractivity contribution in [2.45, 2.75) is 45.8 Å². The first kappa shape index (κ1) is 16.9. The number of carbonyl (C=O) groups is 1. The second-order valence-corrected chi connectivity index (χ2v) is 5.79. The van der Waals surface area contributed by atoms with Gasteiger partial charge in [0.05, 0.1) is 6.54 Å². The SMILES string of the molecule is CCOC(C)c1noc(CN(C)C(=O)CCC2CCNC2)n1. The zero-order chi connectivity index (χ0) is 15.9. The molecule has 1 amide bonds. The smallest absolute Gasteiger partial charge is 0.246 e. The van der Waals surface area contributed by atoms with E-state index in [9.17, 15) is 4.79 Å². The molecule has 1 saturated heterocycles. The third-order valence-corrected chi connectivity index (χ3v) is 3.99. The van der Waals surface area contributed by atoms with Crippen molar-refractivity contribution in [2.24, 2.45) is 5.92 Å². The summed E-state index contributed by atoms with van der Waals surface area (Å²) in [4.78, 5) is 18.1. The van der Waals surface area contributed by atoms with Gasteiger partial charge in [0.15, 0.2) is 5.82 Å². The van der Waals surface area contributed by atoms with Gasteiger partial charge in [-0.05, 0) is 45.7 Å². The maximum Gasteiger partial charge on any atom is 0.246 e. The lowest BCUT2D eigenvalue weighted by Crippen LogP contribution is -2.26. The highest BCUT2D eigenvalue weighted by molar-refractivity contribution is 5.75. The van der Waals surface area contributed by atoms with Gasteiger partial charge in [-0.3, -0.25) is 4.79 Å². The van der Waals surface area contributed by atoms with Crippen LogP contribution in [-0.4, -0.2) is 47.7 Å². The van der Waals surface area contributed by atoms with E-state index in [4.69, 9.17) is 9.26 Å². The second kappa shape index (κ2) is 8.24. The van der Waals surface area contributed by atoms with Crippen LogP contribution in [0.3, 0.4) is 0 Å². The molecule has 2 unspecified atom stereocenters. The summed E-state index contributed by atoms with van der Waals surface area (Å²) >= 11 is 0. The minimum atomic E-state index is -0.196. The van der Waals surface area contributed by atoms with Crippen LogP contribution in [0.5, 0.6) is 0 Å². The summed E-state index contributed by atoms with van der Waals surface area (Å²) in [5.74, 6) is 1.71. The maximum atomic E-state index is 12.1. The highest BCUT2D eigenvalue weighted by atomic mass is 16.5. The molecule has 0 saturated carbocycles. The number of aromatic nitrogens is 2. The number of nitrogens with zero attached hydrogens (tertiary/aromatic N) is 3. The van der Waals surface area contributed by atoms with E-state index in [1.165, 1.54) is 6.42 Å². The number of carbonyl (C=O) groups excluding carboxylic acids is 1. The quantitative estimate of drug-likeness (QED) is 0.784. The molecule has 2 rings (SSSR count). The summed E-state index contributed by atoms with van der Waals surface area (Å²) in [5, 5.41) is 7.22. The largest absolute Gasteiger partial charge is 0.371 e. The normalized spacial score (nSPS) is 19.3. The fourth-order valence-corrected chi connectivity index (χ4v) is 2.59. The molecule has 22 heavy (non-hydrogen) atoms. The summed E-state index contributed by atoms with van der Waals surface area (Å²) in [6.45, 7) is 6.83. The monoisotopic (exact) mass is 310 g/mol. The molecule has 1 aliphatic rings. The third-order valence-electron chi connectivity index (χ3n) is 3.99. The van der Waals surface area contributed by atoms with Crippen LogP contribution in [0.4, 0.5) is 0 Å². The number of hydrogen-bond acceptors (Lipinski definition) is 6. The van der Waals surface area contributed by atoms with Gasteiger partial charge in [0.1, 0.15) is 6.10 Å². The lowest BCUT2D eigenvalue weighted by atomic mass is 10.0. The van der Waals surface area contributed by atoms with Crippen molar-refractivity contribution < 1.29 is 14.1 Å². The maximum absolute atomic E-state index is 12.1. The van der Waals surface area contributed by atoms with Crippen LogP contribution in [0.1, 0.15) is 50.9 Å². The van der Waals surface area contributed by atoms with Crippen molar-refractivity contribution >= 4 is 5.91 Å². The van der Waals surface area contributed by atoms with E-state index < -0.39 is 0 Å². The molecule has 1 aliphatic heterocycles. The third kappa shape index (κ3) is 4.78. The molecule has 1 fully saturated rings. The number of hydrogen-bond donors (Lipinski definition) is 1.